The van der Waals surface area contributed by atoms with Crippen molar-refractivity contribution in [2.24, 2.45) is 0 Å². The van der Waals surface area contributed by atoms with Gasteiger partial charge in [-0.15, -0.1) is 0 Å². The van der Waals surface area contributed by atoms with Crippen LogP contribution in [0.2, 0.25) is 10.0 Å². The van der Waals surface area contributed by atoms with Crippen LogP contribution < -0.4 is 11.2 Å². The third-order valence-corrected chi connectivity index (χ3v) is 4.81. The SMILES string of the molecule is Cc1cn(Cc2ncc(C(F)(F)F)cc2Cl)c(=O)n(Cc2ccc(Cl)cc2)c1=O. The number of pyridine rings is 1. The predicted molar refractivity (Wildman–Crippen MR) is 104 cm³/mol. The molecule has 2 aromatic heterocycles. The van der Waals surface area contributed by atoms with Gasteiger partial charge in [0, 0.05) is 23.0 Å². The molecule has 0 amide bonds. The lowest BCUT2D eigenvalue weighted by Crippen LogP contribution is -2.41. The highest BCUT2D eigenvalue weighted by atomic mass is 35.5. The summed E-state index contributed by atoms with van der Waals surface area (Å²) in [7, 11) is 0. The molecule has 0 saturated carbocycles. The maximum absolute atomic E-state index is 12.8. The van der Waals surface area contributed by atoms with Gasteiger partial charge in [-0.05, 0) is 30.7 Å². The summed E-state index contributed by atoms with van der Waals surface area (Å²) in [4.78, 5) is 29.0. The summed E-state index contributed by atoms with van der Waals surface area (Å²) in [6.45, 7) is 1.38. The summed E-state index contributed by atoms with van der Waals surface area (Å²) in [6, 6.07) is 7.42. The molecule has 0 aliphatic carbocycles. The van der Waals surface area contributed by atoms with E-state index in [0.29, 0.717) is 22.3 Å². The molecule has 5 nitrogen and oxygen atoms in total. The number of hydrogen-bond donors (Lipinski definition) is 0. The van der Waals surface area contributed by atoms with Gasteiger partial charge in [0.1, 0.15) is 0 Å². The van der Waals surface area contributed by atoms with Crippen LogP contribution in [0, 0.1) is 6.92 Å². The van der Waals surface area contributed by atoms with Crippen LogP contribution in [0.4, 0.5) is 13.2 Å². The molecule has 29 heavy (non-hydrogen) atoms. The Labute approximate surface area is 173 Å². The highest BCUT2D eigenvalue weighted by molar-refractivity contribution is 6.31. The fourth-order valence-electron chi connectivity index (χ4n) is 2.72. The molecule has 0 radical (unpaired) electrons. The largest absolute Gasteiger partial charge is 0.417 e. The van der Waals surface area contributed by atoms with Gasteiger partial charge < -0.3 is 0 Å². The van der Waals surface area contributed by atoms with Crippen molar-refractivity contribution in [1.82, 2.24) is 14.1 Å². The summed E-state index contributed by atoms with van der Waals surface area (Å²) in [5.41, 5.74) is -1.01. The van der Waals surface area contributed by atoms with Crippen LogP contribution in [-0.2, 0) is 19.3 Å². The topological polar surface area (TPSA) is 56.9 Å². The molecule has 0 spiro atoms. The van der Waals surface area contributed by atoms with Crippen molar-refractivity contribution in [1.29, 1.82) is 0 Å². The van der Waals surface area contributed by atoms with E-state index in [1.807, 2.05) is 0 Å². The van der Waals surface area contributed by atoms with Gasteiger partial charge in [-0.3, -0.25) is 18.9 Å². The minimum Gasteiger partial charge on any atom is -0.294 e. The zero-order valence-electron chi connectivity index (χ0n) is 15.0. The molecule has 0 unspecified atom stereocenters. The van der Waals surface area contributed by atoms with Crippen LogP contribution in [0.25, 0.3) is 0 Å². The Morgan fingerprint density at radius 2 is 1.72 bits per heavy atom. The van der Waals surface area contributed by atoms with Crippen molar-refractivity contribution in [3.63, 3.8) is 0 Å². The van der Waals surface area contributed by atoms with E-state index in [0.717, 1.165) is 10.6 Å². The van der Waals surface area contributed by atoms with Crippen molar-refractivity contribution in [3.05, 3.63) is 96.0 Å². The maximum Gasteiger partial charge on any atom is 0.417 e. The zero-order chi connectivity index (χ0) is 21.3. The Morgan fingerprint density at radius 3 is 2.31 bits per heavy atom. The standard InChI is InChI=1S/C19H14Cl2F3N3O2/c1-11-8-26(10-16-15(21)6-13(7-25-16)19(22,23)24)18(29)27(17(11)28)9-12-2-4-14(20)5-3-12/h2-8H,9-10H2,1H3. The van der Waals surface area contributed by atoms with Crippen LogP contribution in [-0.4, -0.2) is 14.1 Å². The normalized spacial score (nSPS) is 11.7. The van der Waals surface area contributed by atoms with Gasteiger partial charge in [0.25, 0.3) is 5.56 Å². The van der Waals surface area contributed by atoms with Gasteiger partial charge >= 0.3 is 11.9 Å². The van der Waals surface area contributed by atoms with E-state index in [4.69, 9.17) is 23.2 Å². The van der Waals surface area contributed by atoms with Crippen LogP contribution in [0.3, 0.4) is 0 Å². The second-order valence-corrected chi connectivity index (χ2v) is 7.23. The molecule has 0 saturated heterocycles. The second-order valence-electron chi connectivity index (χ2n) is 6.39. The van der Waals surface area contributed by atoms with E-state index in [-0.39, 0.29) is 23.8 Å². The average Bonchev–Trinajstić information content (AvgIpc) is 2.65. The first-order valence-corrected chi connectivity index (χ1v) is 9.09. The van der Waals surface area contributed by atoms with Crippen molar-refractivity contribution >= 4 is 23.2 Å². The Hall–Kier alpha value is -2.58. The first-order valence-electron chi connectivity index (χ1n) is 8.33. The van der Waals surface area contributed by atoms with Gasteiger partial charge in [0.2, 0.25) is 0 Å². The highest BCUT2D eigenvalue weighted by Crippen LogP contribution is 2.31. The lowest BCUT2D eigenvalue weighted by atomic mass is 10.2. The molecular weight excluding hydrogens is 430 g/mol. The van der Waals surface area contributed by atoms with Gasteiger partial charge in [-0.2, -0.15) is 13.2 Å². The molecule has 2 heterocycles. The first-order chi connectivity index (χ1) is 13.6. The summed E-state index contributed by atoms with van der Waals surface area (Å²) >= 11 is 11.8. The molecule has 3 aromatic rings. The lowest BCUT2D eigenvalue weighted by Gasteiger charge is -2.13. The molecule has 10 heteroatoms. The Bertz CT molecular complexity index is 1170. The van der Waals surface area contributed by atoms with Crippen molar-refractivity contribution < 1.29 is 13.2 Å². The molecule has 0 bridgehead atoms. The van der Waals surface area contributed by atoms with E-state index in [1.54, 1.807) is 31.2 Å². The Morgan fingerprint density at radius 1 is 1.07 bits per heavy atom. The Kier molecular flexibility index (Phi) is 5.86. The average molecular weight is 444 g/mol. The molecule has 3 rings (SSSR count). The smallest absolute Gasteiger partial charge is 0.294 e. The molecule has 0 aliphatic rings. The number of aromatic nitrogens is 3. The van der Waals surface area contributed by atoms with Crippen LogP contribution >= 0.6 is 23.2 Å². The minimum absolute atomic E-state index is 0.0185. The molecule has 0 aliphatic heterocycles. The lowest BCUT2D eigenvalue weighted by molar-refractivity contribution is -0.137. The van der Waals surface area contributed by atoms with E-state index in [1.165, 1.54) is 10.8 Å². The third-order valence-electron chi connectivity index (χ3n) is 4.23. The molecular formula is C19H14Cl2F3N3O2. The summed E-state index contributed by atoms with van der Waals surface area (Å²) in [5.74, 6) is 0. The van der Waals surface area contributed by atoms with Gasteiger partial charge in [0.15, 0.2) is 0 Å². The van der Waals surface area contributed by atoms with E-state index in [2.05, 4.69) is 4.98 Å². The highest BCUT2D eigenvalue weighted by Gasteiger charge is 2.31. The third kappa shape index (κ3) is 4.71. The zero-order valence-corrected chi connectivity index (χ0v) is 16.5. The number of hydrogen-bond acceptors (Lipinski definition) is 3. The first kappa shape index (κ1) is 21.1. The van der Waals surface area contributed by atoms with E-state index >= 15 is 0 Å². The quantitative estimate of drug-likeness (QED) is 0.608. The molecule has 0 N–H and O–H groups in total. The molecule has 0 atom stereocenters. The van der Waals surface area contributed by atoms with Gasteiger partial charge in [0.05, 0.1) is 29.4 Å². The fourth-order valence-corrected chi connectivity index (χ4v) is 3.08. The number of benzene rings is 1. The van der Waals surface area contributed by atoms with E-state index in [9.17, 15) is 22.8 Å². The number of halogens is 5. The summed E-state index contributed by atoms with van der Waals surface area (Å²) in [6.07, 6.45) is -2.59. The van der Waals surface area contributed by atoms with Crippen LogP contribution in [0.15, 0.2) is 52.3 Å². The number of alkyl halides is 3. The van der Waals surface area contributed by atoms with Crippen molar-refractivity contribution in [3.8, 4) is 0 Å². The number of rotatable bonds is 4. The van der Waals surface area contributed by atoms with Crippen LogP contribution in [0.1, 0.15) is 22.4 Å². The minimum atomic E-state index is -4.57. The van der Waals surface area contributed by atoms with E-state index < -0.39 is 23.0 Å². The van der Waals surface area contributed by atoms with Crippen molar-refractivity contribution in [2.45, 2.75) is 26.2 Å². The molecule has 0 fully saturated rings. The maximum atomic E-state index is 12.8. The monoisotopic (exact) mass is 443 g/mol. The second kappa shape index (κ2) is 8.04. The molecule has 1 aromatic carbocycles. The van der Waals surface area contributed by atoms with Crippen LogP contribution in [0.5, 0.6) is 0 Å². The predicted octanol–water partition coefficient (Wildman–Crippen LogP) is 4.14. The summed E-state index contributed by atoms with van der Waals surface area (Å²) < 4.78 is 40.5. The fraction of sp³-hybridized carbons (Fsp3) is 0.211. The molecule has 152 valence electrons. The van der Waals surface area contributed by atoms with Gasteiger partial charge in [-0.25, -0.2) is 4.79 Å². The van der Waals surface area contributed by atoms with Crippen molar-refractivity contribution in [2.75, 3.05) is 0 Å². The Balaban J connectivity index is 1.99. The number of aryl methyl sites for hydroxylation is 1. The van der Waals surface area contributed by atoms with Gasteiger partial charge in [-0.1, -0.05) is 35.3 Å². The number of nitrogens with zero attached hydrogens (tertiary/aromatic N) is 3. The summed E-state index contributed by atoms with van der Waals surface area (Å²) in [5, 5.41) is 0.297.